The van der Waals surface area contributed by atoms with E-state index in [9.17, 15) is 24.5 Å². The van der Waals surface area contributed by atoms with Gasteiger partial charge in [-0.1, -0.05) is 42.1 Å². The molecule has 0 aliphatic carbocycles. The molecule has 2 N–H and O–H groups in total. The summed E-state index contributed by atoms with van der Waals surface area (Å²) < 4.78 is 0. The largest absolute Gasteiger partial charge is 0.325 e. The standard InChI is InChI=1S/C24H20N4O5S/c1-24(16-11-13-17(14-12-16)28(32)33)22(30)27(23(31)26-24)15-21(29)25-19-9-5-6-10-20(19)34-18-7-3-2-4-8-18/h2-14H,15H2,1H3,(H,25,29)(H,26,31)/t24-/m1/s1. The predicted molar refractivity (Wildman–Crippen MR) is 126 cm³/mol. The van der Waals surface area contributed by atoms with Gasteiger partial charge in [0.2, 0.25) is 5.91 Å². The molecule has 1 fully saturated rings. The molecule has 0 radical (unpaired) electrons. The second-order valence-corrected chi connectivity index (χ2v) is 8.83. The molecule has 9 nitrogen and oxygen atoms in total. The maximum Gasteiger partial charge on any atom is 0.325 e. The number of nitro benzene ring substituents is 1. The lowest BCUT2D eigenvalue weighted by atomic mass is 9.92. The van der Waals surface area contributed by atoms with Crippen molar-refractivity contribution < 1.29 is 19.3 Å². The van der Waals surface area contributed by atoms with E-state index < -0.39 is 34.9 Å². The maximum absolute atomic E-state index is 13.1. The van der Waals surface area contributed by atoms with Crippen LogP contribution in [0.2, 0.25) is 0 Å². The number of hydrogen-bond acceptors (Lipinski definition) is 6. The molecule has 172 valence electrons. The molecule has 0 saturated carbocycles. The third-order valence-electron chi connectivity index (χ3n) is 5.36. The van der Waals surface area contributed by atoms with Crippen LogP contribution in [0.1, 0.15) is 12.5 Å². The van der Waals surface area contributed by atoms with Gasteiger partial charge >= 0.3 is 6.03 Å². The van der Waals surface area contributed by atoms with Gasteiger partial charge in [0.1, 0.15) is 12.1 Å². The number of hydrogen-bond donors (Lipinski definition) is 2. The number of nitrogens with zero attached hydrogens (tertiary/aromatic N) is 2. The quantitative estimate of drug-likeness (QED) is 0.300. The number of amides is 4. The van der Waals surface area contributed by atoms with Crippen LogP contribution in [0, 0.1) is 10.1 Å². The Balaban J connectivity index is 1.47. The summed E-state index contributed by atoms with van der Waals surface area (Å²) in [6.45, 7) is 1.02. The molecule has 34 heavy (non-hydrogen) atoms. The summed E-state index contributed by atoms with van der Waals surface area (Å²) in [6, 6.07) is 21.5. The number of nitrogens with one attached hydrogen (secondary N) is 2. The summed E-state index contributed by atoms with van der Waals surface area (Å²) in [5.74, 6) is -1.15. The van der Waals surface area contributed by atoms with Crippen molar-refractivity contribution in [2.45, 2.75) is 22.3 Å². The van der Waals surface area contributed by atoms with Crippen molar-refractivity contribution in [3.8, 4) is 0 Å². The second-order valence-electron chi connectivity index (χ2n) is 7.71. The van der Waals surface area contributed by atoms with E-state index in [0.29, 0.717) is 11.3 Å². The van der Waals surface area contributed by atoms with Crippen LogP contribution in [0.5, 0.6) is 0 Å². The number of rotatable bonds is 7. The van der Waals surface area contributed by atoms with E-state index in [1.54, 1.807) is 12.1 Å². The first-order chi connectivity index (χ1) is 16.3. The molecule has 3 aromatic carbocycles. The van der Waals surface area contributed by atoms with Crippen LogP contribution in [-0.2, 0) is 15.1 Å². The molecule has 1 saturated heterocycles. The minimum absolute atomic E-state index is 0.132. The highest BCUT2D eigenvalue weighted by Gasteiger charge is 2.49. The minimum atomic E-state index is -1.44. The Morgan fingerprint density at radius 3 is 2.35 bits per heavy atom. The van der Waals surface area contributed by atoms with Crippen LogP contribution in [0.25, 0.3) is 0 Å². The molecule has 0 bridgehead atoms. The second kappa shape index (κ2) is 9.36. The van der Waals surface area contributed by atoms with E-state index in [4.69, 9.17) is 0 Å². The fourth-order valence-corrected chi connectivity index (χ4v) is 4.48. The first-order valence-corrected chi connectivity index (χ1v) is 11.1. The zero-order chi connectivity index (χ0) is 24.3. The van der Waals surface area contributed by atoms with Crippen LogP contribution in [-0.4, -0.2) is 34.2 Å². The monoisotopic (exact) mass is 476 g/mol. The van der Waals surface area contributed by atoms with E-state index >= 15 is 0 Å². The summed E-state index contributed by atoms with van der Waals surface area (Å²) in [7, 11) is 0. The van der Waals surface area contributed by atoms with Crippen LogP contribution >= 0.6 is 11.8 Å². The first-order valence-electron chi connectivity index (χ1n) is 10.3. The number of imide groups is 1. The Bertz CT molecular complexity index is 1270. The molecular weight excluding hydrogens is 456 g/mol. The van der Waals surface area contributed by atoms with E-state index in [0.717, 1.165) is 14.7 Å². The van der Waals surface area contributed by atoms with Gasteiger partial charge in [-0.05, 0) is 48.9 Å². The molecule has 4 amide bonds. The highest BCUT2D eigenvalue weighted by atomic mass is 32.2. The molecule has 1 aliphatic rings. The van der Waals surface area contributed by atoms with Gasteiger partial charge in [0.25, 0.3) is 11.6 Å². The Labute approximate surface area is 199 Å². The van der Waals surface area contributed by atoms with E-state index in [-0.39, 0.29) is 5.69 Å². The number of para-hydroxylation sites is 1. The van der Waals surface area contributed by atoms with Crippen molar-refractivity contribution in [3.63, 3.8) is 0 Å². The van der Waals surface area contributed by atoms with Crippen molar-refractivity contribution >= 4 is 41.0 Å². The fourth-order valence-electron chi connectivity index (χ4n) is 3.56. The fraction of sp³-hybridized carbons (Fsp3) is 0.125. The van der Waals surface area contributed by atoms with Gasteiger partial charge in [0, 0.05) is 21.9 Å². The van der Waals surface area contributed by atoms with Crippen molar-refractivity contribution in [2.24, 2.45) is 0 Å². The van der Waals surface area contributed by atoms with Gasteiger partial charge in [-0.15, -0.1) is 0 Å². The number of benzene rings is 3. The lowest BCUT2D eigenvalue weighted by molar-refractivity contribution is -0.384. The number of anilines is 1. The summed E-state index contributed by atoms with van der Waals surface area (Å²) in [6.07, 6.45) is 0. The molecule has 3 aromatic rings. The van der Waals surface area contributed by atoms with Crippen LogP contribution < -0.4 is 10.6 Å². The zero-order valence-electron chi connectivity index (χ0n) is 18.1. The average Bonchev–Trinajstić information content (AvgIpc) is 3.05. The lowest BCUT2D eigenvalue weighted by Crippen LogP contribution is -2.42. The lowest BCUT2D eigenvalue weighted by Gasteiger charge is -2.22. The van der Waals surface area contributed by atoms with Crippen LogP contribution in [0.3, 0.4) is 0 Å². The van der Waals surface area contributed by atoms with Gasteiger partial charge in [-0.3, -0.25) is 24.6 Å². The number of carbonyl (C=O) groups excluding carboxylic acids is 3. The summed E-state index contributed by atoms with van der Waals surface area (Å²) in [5.41, 5.74) is -0.629. The summed E-state index contributed by atoms with van der Waals surface area (Å²) in [5, 5.41) is 16.3. The Hall–Kier alpha value is -4.18. The maximum atomic E-state index is 13.1. The van der Waals surface area contributed by atoms with E-state index in [1.807, 2.05) is 42.5 Å². The molecule has 0 aromatic heterocycles. The predicted octanol–water partition coefficient (Wildman–Crippen LogP) is 4.15. The van der Waals surface area contributed by atoms with Crippen molar-refractivity contribution in [1.82, 2.24) is 10.2 Å². The Morgan fingerprint density at radius 1 is 1.03 bits per heavy atom. The highest BCUT2D eigenvalue weighted by Crippen LogP contribution is 2.33. The highest BCUT2D eigenvalue weighted by molar-refractivity contribution is 7.99. The van der Waals surface area contributed by atoms with E-state index in [1.165, 1.54) is 43.0 Å². The van der Waals surface area contributed by atoms with Gasteiger partial charge in [0.05, 0.1) is 10.6 Å². The zero-order valence-corrected chi connectivity index (χ0v) is 18.9. The van der Waals surface area contributed by atoms with Crippen molar-refractivity contribution in [1.29, 1.82) is 0 Å². The van der Waals surface area contributed by atoms with Gasteiger partial charge in [-0.25, -0.2) is 4.79 Å². The summed E-state index contributed by atoms with van der Waals surface area (Å²) in [4.78, 5) is 51.4. The van der Waals surface area contributed by atoms with Gasteiger partial charge < -0.3 is 10.6 Å². The third-order valence-corrected chi connectivity index (χ3v) is 6.45. The summed E-state index contributed by atoms with van der Waals surface area (Å²) >= 11 is 1.48. The number of nitro groups is 1. The smallest absolute Gasteiger partial charge is 0.323 e. The normalized spacial score (nSPS) is 17.4. The molecule has 0 unspecified atom stereocenters. The number of non-ortho nitro benzene ring substituents is 1. The number of urea groups is 1. The van der Waals surface area contributed by atoms with Gasteiger partial charge in [-0.2, -0.15) is 0 Å². The molecule has 1 heterocycles. The van der Waals surface area contributed by atoms with Crippen molar-refractivity contribution in [3.05, 3.63) is 94.5 Å². The van der Waals surface area contributed by atoms with Crippen LogP contribution in [0.15, 0.2) is 88.7 Å². The molecule has 0 spiro atoms. The van der Waals surface area contributed by atoms with Crippen molar-refractivity contribution in [2.75, 3.05) is 11.9 Å². The molecule has 1 atom stereocenters. The third kappa shape index (κ3) is 4.62. The average molecular weight is 477 g/mol. The Morgan fingerprint density at radius 2 is 1.68 bits per heavy atom. The van der Waals surface area contributed by atoms with Crippen LogP contribution in [0.4, 0.5) is 16.2 Å². The molecule has 4 rings (SSSR count). The minimum Gasteiger partial charge on any atom is -0.323 e. The topological polar surface area (TPSA) is 122 Å². The Kier molecular flexibility index (Phi) is 6.33. The SMILES string of the molecule is C[C@]1(c2ccc([N+](=O)[O-])cc2)NC(=O)N(CC(=O)Nc2ccccc2Sc2ccccc2)C1=O. The molecular formula is C24H20N4O5S. The van der Waals surface area contributed by atoms with Gasteiger partial charge in [0.15, 0.2) is 0 Å². The first kappa shape index (κ1) is 23.0. The molecule has 1 aliphatic heterocycles. The number of carbonyl (C=O) groups is 3. The molecule has 10 heteroatoms. The van der Waals surface area contributed by atoms with E-state index in [2.05, 4.69) is 10.6 Å².